The molecular weight excluding hydrogens is 601 g/mol. The molecule has 0 unspecified atom stereocenters. The van der Waals surface area contributed by atoms with Gasteiger partial charge in [0.05, 0.1) is 10.8 Å². The zero-order valence-corrected chi connectivity index (χ0v) is 29.0. The fourth-order valence-corrected chi connectivity index (χ4v) is 11.5. The van der Waals surface area contributed by atoms with Crippen molar-refractivity contribution in [2.75, 3.05) is 11.5 Å². The molecular formula is C40H48N3O3P. The second-order valence-corrected chi connectivity index (χ2v) is 17.1. The molecule has 0 saturated carbocycles. The number of aryl methyl sites for hydroxylation is 3. The van der Waals surface area contributed by atoms with E-state index in [1.54, 1.807) is 18.2 Å². The molecule has 7 heteroatoms. The van der Waals surface area contributed by atoms with Gasteiger partial charge in [0.15, 0.2) is 0 Å². The van der Waals surface area contributed by atoms with E-state index in [1.807, 2.05) is 0 Å². The standard InChI is InChI=1S/C40H48N3O3P/c1-29-13-20-33(21-14-29)47(34-22-15-30(2)16-23-34,35-24-17-31(3)18-25-35)27-11-9-7-5-4-6-8-10-12-38(44)41-32-19-26-36-37(28-32)40(46)43-42-39(36)45/h13-26,28,47H,4-12,27H2,1-3H3,(H,41,44)(H,42,45)(H,43,46). The van der Waals surface area contributed by atoms with Crippen LogP contribution in [0.3, 0.4) is 0 Å². The van der Waals surface area contributed by atoms with Crippen molar-refractivity contribution in [3.63, 3.8) is 0 Å². The number of hydrogen-bond donors (Lipinski definition) is 3. The Hall–Kier alpha value is -4.28. The summed E-state index contributed by atoms with van der Waals surface area (Å²) in [6.07, 6.45) is 10.7. The fourth-order valence-electron chi connectivity index (χ4n) is 6.66. The van der Waals surface area contributed by atoms with Crippen LogP contribution in [0.4, 0.5) is 5.69 Å². The summed E-state index contributed by atoms with van der Waals surface area (Å²) in [6.45, 7) is 6.50. The molecule has 3 N–H and O–H groups in total. The van der Waals surface area contributed by atoms with E-state index in [2.05, 4.69) is 109 Å². The molecule has 0 aliphatic rings. The molecule has 5 aromatic rings. The van der Waals surface area contributed by atoms with E-state index in [0.717, 1.165) is 19.3 Å². The van der Waals surface area contributed by atoms with E-state index in [4.69, 9.17) is 0 Å². The van der Waals surface area contributed by atoms with Crippen molar-refractivity contribution in [1.82, 2.24) is 10.2 Å². The normalized spacial score (nSPS) is 11.9. The number of aromatic nitrogens is 2. The first kappa shape index (κ1) is 34.1. The molecule has 0 aliphatic heterocycles. The molecule has 0 bridgehead atoms. The van der Waals surface area contributed by atoms with Crippen LogP contribution < -0.4 is 32.3 Å². The predicted octanol–water partition coefficient (Wildman–Crippen LogP) is 7.32. The van der Waals surface area contributed by atoms with Gasteiger partial charge in [-0.05, 0) is 18.2 Å². The van der Waals surface area contributed by atoms with Crippen molar-refractivity contribution in [2.24, 2.45) is 0 Å². The van der Waals surface area contributed by atoms with E-state index in [9.17, 15) is 14.4 Å². The second kappa shape index (κ2) is 16.0. The number of benzene rings is 4. The maximum atomic E-state index is 12.5. The van der Waals surface area contributed by atoms with Gasteiger partial charge in [0.2, 0.25) is 0 Å². The van der Waals surface area contributed by atoms with Crippen LogP contribution in [0.5, 0.6) is 0 Å². The summed E-state index contributed by atoms with van der Waals surface area (Å²) in [6, 6.07) is 32.7. The Morgan fingerprint density at radius 2 is 0.979 bits per heavy atom. The van der Waals surface area contributed by atoms with Crippen LogP contribution in [-0.4, -0.2) is 22.3 Å². The van der Waals surface area contributed by atoms with E-state index in [0.29, 0.717) is 17.5 Å². The van der Waals surface area contributed by atoms with E-state index >= 15 is 0 Å². The predicted molar refractivity (Wildman–Crippen MR) is 201 cm³/mol. The molecule has 0 saturated heterocycles. The monoisotopic (exact) mass is 649 g/mol. The van der Waals surface area contributed by atoms with Crippen molar-refractivity contribution in [3.8, 4) is 0 Å². The molecule has 0 aliphatic carbocycles. The SMILES string of the molecule is Cc1ccc([PH](CCCCCCCCCCC(=O)Nc2ccc3c(=O)[nH][nH]c(=O)c3c2)(c2ccc(C)cc2)c2ccc(C)cc2)cc1. The van der Waals surface area contributed by atoms with Crippen molar-refractivity contribution >= 4 is 45.5 Å². The minimum atomic E-state index is -2.21. The van der Waals surface area contributed by atoms with Crippen LogP contribution in [0.15, 0.2) is 101 Å². The molecule has 47 heavy (non-hydrogen) atoms. The van der Waals surface area contributed by atoms with Gasteiger partial charge in [-0.3, -0.25) is 19.8 Å². The summed E-state index contributed by atoms with van der Waals surface area (Å²) in [5.41, 5.74) is 3.67. The van der Waals surface area contributed by atoms with Gasteiger partial charge >= 0.3 is 213 Å². The number of hydrogen-bond acceptors (Lipinski definition) is 3. The number of amides is 1. The first-order chi connectivity index (χ1) is 22.8. The van der Waals surface area contributed by atoms with Gasteiger partial charge in [-0.1, -0.05) is 0 Å². The molecule has 246 valence electrons. The first-order valence-corrected chi connectivity index (χ1v) is 19.2. The van der Waals surface area contributed by atoms with Gasteiger partial charge < -0.3 is 0 Å². The maximum absolute atomic E-state index is 12.5. The van der Waals surface area contributed by atoms with Crippen LogP contribution in [0, 0.1) is 20.8 Å². The number of unbranched alkanes of at least 4 members (excludes halogenated alkanes) is 7. The van der Waals surface area contributed by atoms with Gasteiger partial charge in [0.25, 0.3) is 11.1 Å². The van der Waals surface area contributed by atoms with Crippen LogP contribution in [0.25, 0.3) is 10.8 Å². The third-order valence-corrected chi connectivity index (χ3v) is 14.5. The molecule has 1 heterocycles. The topological polar surface area (TPSA) is 94.8 Å². The van der Waals surface area contributed by atoms with Crippen LogP contribution in [-0.2, 0) is 4.79 Å². The summed E-state index contributed by atoms with van der Waals surface area (Å²) in [4.78, 5) is 36.4. The zero-order valence-electron chi connectivity index (χ0n) is 28.0. The average Bonchev–Trinajstić information content (AvgIpc) is 3.07. The fraction of sp³-hybridized carbons (Fsp3) is 0.325. The van der Waals surface area contributed by atoms with E-state index in [1.165, 1.54) is 70.9 Å². The quantitative estimate of drug-likeness (QED) is 0.0820. The van der Waals surface area contributed by atoms with Crippen LogP contribution >= 0.6 is 7.26 Å². The Morgan fingerprint density at radius 3 is 1.47 bits per heavy atom. The van der Waals surface area contributed by atoms with Gasteiger partial charge in [-0.15, -0.1) is 0 Å². The third-order valence-electron chi connectivity index (χ3n) is 9.42. The molecule has 1 aromatic heterocycles. The molecule has 4 aromatic carbocycles. The Kier molecular flexibility index (Phi) is 11.6. The summed E-state index contributed by atoms with van der Waals surface area (Å²) in [7, 11) is -2.21. The number of carbonyl (C=O) groups excluding carboxylic acids is 1. The number of carbonyl (C=O) groups is 1. The summed E-state index contributed by atoms with van der Waals surface area (Å²) < 4.78 is 0. The van der Waals surface area contributed by atoms with Gasteiger partial charge in [-0.2, -0.15) is 0 Å². The molecule has 0 atom stereocenters. The first-order valence-electron chi connectivity index (χ1n) is 17.0. The van der Waals surface area contributed by atoms with Crippen molar-refractivity contribution < 1.29 is 4.79 Å². The summed E-state index contributed by atoms with van der Waals surface area (Å²) in [5, 5.41) is 12.5. The van der Waals surface area contributed by atoms with Gasteiger partial charge in [0.1, 0.15) is 0 Å². The Morgan fingerprint density at radius 1 is 0.553 bits per heavy atom. The van der Waals surface area contributed by atoms with Gasteiger partial charge in [0, 0.05) is 5.69 Å². The summed E-state index contributed by atoms with van der Waals surface area (Å²) in [5.74, 6) is -0.0750. The van der Waals surface area contributed by atoms with Crippen molar-refractivity contribution in [3.05, 3.63) is 128 Å². The molecule has 1 amide bonds. The third kappa shape index (κ3) is 8.55. The van der Waals surface area contributed by atoms with Crippen LogP contribution in [0.2, 0.25) is 0 Å². The molecule has 6 nitrogen and oxygen atoms in total. The van der Waals surface area contributed by atoms with Crippen molar-refractivity contribution in [1.29, 1.82) is 0 Å². The number of rotatable bonds is 15. The minimum absolute atomic E-state index is 0.0750. The number of nitrogens with one attached hydrogen (secondary N) is 3. The second-order valence-electron chi connectivity index (χ2n) is 13.0. The Balaban J connectivity index is 1.10. The number of H-pyrrole nitrogens is 2. The number of aromatic amines is 2. The number of anilines is 1. The average molecular weight is 650 g/mol. The van der Waals surface area contributed by atoms with Crippen LogP contribution in [0.1, 0.15) is 74.5 Å². The Bertz CT molecular complexity index is 1780. The van der Waals surface area contributed by atoms with Crippen molar-refractivity contribution in [2.45, 2.75) is 78.6 Å². The molecule has 0 fully saturated rings. The van der Waals surface area contributed by atoms with Gasteiger partial charge in [-0.25, -0.2) is 0 Å². The number of fused-ring (bicyclic) bond motifs is 1. The molecule has 0 radical (unpaired) electrons. The summed E-state index contributed by atoms with van der Waals surface area (Å²) >= 11 is 0. The molecule has 5 rings (SSSR count). The molecule has 0 spiro atoms. The van der Waals surface area contributed by atoms with E-state index < -0.39 is 7.26 Å². The zero-order chi connectivity index (χ0) is 33.2. The Labute approximate surface area is 278 Å². The van der Waals surface area contributed by atoms with E-state index in [-0.39, 0.29) is 22.4 Å².